The van der Waals surface area contributed by atoms with Crippen LogP contribution in [0.4, 0.5) is 14.9 Å². The molecule has 2 bridgehead atoms. The number of benzene rings is 1. The van der Waals surface area contributed by atoms with Crippen LogP contribution in [0.2, 0.25) is 0 Å². The highest BCUT2D eigenvalue weighted by Gasteiger charge is 2.48. The number of fused-ring (bicyclic) bond motifs is 2. The number of hydrogen-bond donors (Lipinski definition) is 3. The highest BCUT2D eigenvalue weighted by molar-refractivity contribution is 5.89. The van der Waals surface area contributed by atoms with Gasteiger partial charge in [0.15, 0.2) is 0 Å². The molecule has 2 unspecified atom stereocenters. The van der Waals surface area contributed by atoms with E-state index in [2.05, 4.69) is 10.6 Å². The van der Waals surface area contributed by atoms with Gasteiger partial charge in [0, 0.05) is 31.7 Å². The van der Waals surface area contributed by atoms with E-state index in [1.54, 1.807) is 18.2 Å². The molecule has 4 atom stereocenters. The Labute approximate surface area is 136 Å². The first-order valence-corrected chi connectivity index (χ1v) is 8.89. The smallest absolute Gasteiger partial charge is 0.319 e. The molecule has 4 rings (SSSR count). The van der Waals surface area contributed by atoms with Gasteiger partial charge in [0.2, 0.25) is 0 Å². The highest BCUT2D eigenvalue weighted by Crippen LogP contribution is 2.27. The molecule has 1 aromatic rings. The summed E-state index contributed by atoms with van der Waals surface area (Å²) in [6.07, 6.45) is 8.80. The zero-order chi connectivity index (χ0) is 15.8. The number of para-hydroxylation sites is 1. The molecule has 1 saturated carbocycles. The SMILES string of the molecule is O=C(Nc1ccccc1F)NC1C[C@H]2CCC[C@@H](C1)[NH+]2C1CC1. The van der Waals surface area contributed by atoms with Gasteiger partial charge < -0.3 is 15.5 Å². The summed E-state index contributed by atoms with van der Waals surface area (Å²) >= 11 is 0. The number of nitrogens with one attached hydrogen (secondary N) is 3. The molecule has 2 aliphatic heterocycles. The molecule has 0 aromatic heterocycles. The van der Waals surface area contributed by atoms with E-state index in [0.717, 1.165) is 18.9 Å². The zero-order valence-corrected chi connectivity index (χ0v) is 13.4. The maximum absolute atomic E-state index is 13.6. The first-order chi connectivity index (χ1) is 11.2. The maximum Gasteiger partial charge on any atom is 0.319 e. The van der Waals surface area contributed by atoms with Crippen LogP contribution in [0.25, 0.3) is 0 Å². The van der Waals surface area contributed by atoms with Crippen LogP contribution in [0.5, 0.6) is 0 Å². The number of anilines is 1. The van der Waals surface area contributed by atoms with Gasteiger partial charge in [-0.2, -0.15) is 0 Å². The lowest BCUT2D eigenvalue weighted by molar-refractivity contribution is -0.971. The van der Waals surface area contributed by atoms with Gasteiger partial charge in [0.25, 0.3) is 0 Å². The number of hydrogen-bond acceptors (Lipinski definition) is 1. The molecule has 0 radical (unpaired) electrons. The van der Waals surface area contributed by atoms with Crippen molar-refractivity contribution >= 4 is 11.7 Å². The number of urea groups is 1. The van der Waals surface area contributed by atoms with Gasteiger partial charge >= 0.3 is 6.03 Å². The van der Waals surface area contributed by atoms with Gasteiger partial charge in [-0.1, -0.05) is 12.1 Å². The van der Waals surface area contributed by atoms with E-state index in [-0.39, 0.29) is 17.8 Å². The number of quaternary nitrogens is 1. The Morgan fingerprint density at radius 3 is 2.39 bits per heavy atom. The summed E-state index contributed by atoms with van der Waals surface area (Å²) in [4.78, 5) is 14.0. The number of amides is 2. The fourth-order valence-corrected chi connectivity index (χ4v) is 4.68. The molecule has 0 spiro atoms. The summed E-state index contributed by atoms with van der Waals surface area (Å²) < 4.78 is 13.6. The predicted octanol–water partition coefficient (Wildman–Crippen LogP) is 2.08. The second kappa shape index (κ2) is 6.11. The second-order valence-electron chi connectivity index (χ2n) is 7.35. The number of carbonyl (C=O) groups excluding carboxylic acids is 1. The van der Waals surface area contributed by atoms with E-state index in [1.807, 2.05) is 4.90 Å². The van der Waals surface area contributed by atoms with E-state index < -0.39 is 5.82 Å². The Bertz CT molecular complexity index is 575. The van der Waals surface area contributed by atoms with Crippen LogP contribution in [0.15, 0.2) is 24.3 Å². The van der Waals surface area contributed by atoms with Crippen molar-refractivity contribution in [2.75, 3.05) is 5.32 Å². The van der Waals surface area contributed by atoms with Gasteiger partial charge in [-0.25, -0.2) is 9.18 Å². The average molecular weight is 318 g/mol. The standard InChI is InChI=1S/C18H24FN3O/c19-16-6-1-2-7-17(16)21-18(23)20-12-10-14-4-3-5-15(11-12)22(14)13-8-9-13/h1-2,6-7,12-15H,3-5,8-11H2,(H2,20,21,23)/p+1/t12?,14-,15+. The van der Waals surface area contributed by atoms with Crippen LogP contribution in [0, 0.1) is 5.82 Å². The summed E-state index contributed by atoms with van der Waals surface area (Å²) in [6, 6.07) is 8.52. The summed E-state index contributed by atoms with van der Waals surface area (Å²) in [5, 5.41) is 5.71. The van der Waals surface area contributed by atoms with Crippen LogP contribution >= 0.6 is 0 Å². The second-order valence-corrected chi connectivity index (χ2v) is 7.35. The van der Waals surface area contributed by atoms with E-state index in [9.17, 15) is 9.18 Å². The van der Waals surface area contributed by atoms with Crippen LogP contribution in [0.1, 0.15) is 44.9 Å². The Balaban J connectivity index is 1.36. The fraction of sp³-hybridized carbons (Fsp3) is 0.611. The van der Waals surface area contributed by atoms with Crippen molar-refractivity contribution in [3.8, 4) is 0 Å². The van der Waals surface area contributed by atoms with E-state index >= 15 is 0 Å². The van der Waals surface area contributed by atoms with Crippen LogP contribution in [0.3, 0.4) is 0 Å². The summed E-state index contributed by atoms with van der Waals surface area (Å²) in [5.41, 5.74) is 0.242. The molecule has 4 nitrogen and oxygen atoms in total. The molecule has 1 aliphatic carbocycles. The molecule has 3 aliphatic rings. The van der Waals surface area contributed by atoms with Crippen molar-refractivity contribution < 1.29 is 14.1 Å². The quantitative estimate of drug-likeness (QED) is 0.785. The third-order valence-electron chi connectivity index (χ3n) is 5.69. The largest absolute Gasteiger partial charge is 0.335 e. The minimum Gasteiger partial charge on any atom is -0.335 e. The topological polar surface area (TPSA) is 45.6 Å². The van der Waals surface area contributed by atoms with Gasteiger partial charge in [-0.15, -0.1) is 0 Å². The summed E-state index contributed by atoms with van der Waals surface area (Å²) in [7, 11) is 0. The van der Waals surface area contributed by atoms with Crippen molar-refractivity contribution in [1.29, 1.82) is 0 Å². The van der Waals surface area contributed by atoms with Crippen LogP contribution < -0.4 is 15.5 Å². The molecule has 1 aromatic carbocycles. The monoisotopic (exact) mass is 318 g/mol. The Hall–Kier alpha value is -1.62. The zero-order valence-electron chi connectivity index (χ0n) is 13.4. The lowest BCUT2D eigenvalue weighted by Gasteiger charge is -2.46. The Morgan fingerprint density at radius 2 is 1.74 bits per heavy atom. The molecule has 3 N–H and O–H groups in total. The lowest BCUT2D eigenvalue weighted by atomic mass is 9.81. The molecule has 2 saturated heterocycles. The molecular formula is C18H25FN3O+. The third kappa shape index (κ3) is 3.20. The number of piperidine rings is 2. The first-order valence-electron chi connectivity index (χ1n) is 8.89. The van der Waals surface area contributed by atoms with Crippen molar-refractivity contribution in [3.63, 3.8) is 0 Å². The van der Waals surface area contributed by atoms with Crippen LogP contribution in [-0.2, 0) is 0 Å². The molecule has 124 valence electrons. The molecule has 5 heteroatoms. The van der Waals surface area contributed by atoms with E-state index in [4.69, 9.17) is 0 Å². The van der Waals surface area contributed by atoms with Crippen molar-refractivity contribution in [2.24, 2.45) is 0 Å². The summed E-state index contributed by atoms with van der Waals surface area (Å²) in [5.74, 6) is -0.396. The predicted molar refractivity (Wildman–Crippen MR) is 87.0 cm³/mol. The highest BCUT2D eigenvalue weighted by atomic mass is 19.1. The van der Waals surface area contributed by atoms with E-state index in [1.165, 1.54) is 38.2 Å². The van der Waals surface area contributed by atoms with Gasteiger partial charge in [-0.05, 0) is 31.4 Å². The first kappa shape index (κ1) is 14.9. The van der Waals surface area contributed by atoms with Gasteiger partial charge in [0.05, 0.1) is 23.8 Å². The molecular weight excluding hydrogens is 293 g/mol. The fourth-order valence-electron chi connectivity index (χ4n) is 4.68. The maximum atomic E-state index is 13.6. The minimum atomic E-state index is -0.396. The number of rotatable bonds is 3. The van der Waals surface area contributed by atoms with Crippen molar-refractivity contribution in [1.82, 2.24) is 5.32 Å². The normalized spacial score (nSPS) is 33.1. The van der Waals surface area contributed by atoms with Crippen molar-refractivity contribution in [3.05, 3.63) is 30.1 Å². The number of carbonyl (C=O) groups is 1. The molecule has 2 heterocycles. The number of halogens is 1. The van der Waals surface area contributed by atoms with Gasteiger partial charge in [0.1, 0.15) is 5.82 Å². The summed E-state index contributed by atoms with van der Waals surface area (Å²) in [6.45, 7) is 0. The van der Waals surface area contributed by atoms with Crippen LogP contribution in [-0.4, -0.2) is 30.2 Å². The van der Waals surface area contributed by atoms with Crippen molar-refractivity contribution in [2.45, 2.75) is 69.1 Å². The minimum absolute atomic E-state index is 0.222. The lowest BCUT2D eigenvalue weighted by Crippen LogP contribution is -3.22. The average Bonchev–Trinajstić information content (AvgIpc) is 3.33. The third-order valence-corrected chi connectivity index (χ3v) is 5.69. The molecule has 3 fully saturated rings. The Morgan fingerprint density at radius 1 is 1.04 bits per heavy atom. The Kier molecular flexibility index (Phi) is 3.97. The van der Waals surface area contributed by atoms with Gasteiger partial charge in [-0.3, -0.25) is 0 Å². The van der Waals surface area contributed by atoms with E-state index in [0.29, 0.717) is 12.1 Å². The molecule has 23 heavy (non-hydrogen) atoms. The molecule has 2 amide bonds.